The topological polar surface area (TPSA) is 143 Å². The molecule has 0 spiro atoms. The molecule has 3 rings (SSSR count). The van der Waals surface area contributed by atoms with Crippen LogP contribution in [0, 0.1) is 11.3 Å². The lowest BCUT2D eigenvalue weighted by Crippen LogP contribution is -2.48. The van der Waals surface area contributed by atoms with E-state index in [-0.39, 0.29) is 17.9 Å². The Labute approximate surface area is 205 Å². The number of benzene rings is 3. The maximum atomic E-state index is 13.4. The second kappa shape index (κ2) is 11.4. The van der Waals surface area contributed by atoms with Gasteiger partial charge in [0, 0.05) is 0 Å². The van der Waals surface area contributed by atoms with E-state index in [0.29, 0.717) is 17.5 Å². The van der Waals surface area contributed by atoms with Gasteiger partial charge in [0.25, 0.3) is 5.91 Å². The summed E-state index contributed by atoms with van der Waals surface area (Å²) in [4.78, 5) is 13.4. The molecule has 0 aliphatic heterocycles. The molecule has 4 N–H and O–H groups in total. The number of hydrazone groups is 1. The van der Waals surface area contributed by atoms with Gasteiger partial charge in [0.2, 0.25) is 10.0 Å². The summed E-state index contributed by atoms with van der Waals surface area (Å²) in [6.45, 7) is 1.73. The minimum Gasteiger partial charge on any atom is -0.323 e. The molecule has 9 heteroatoms. The lowest BCUT2D eigenvalue weighted by Gasteiger charge is -2.25. The summed E-state index contributed by atoms with van der Waals surface area (Å²) in [5.41, 5.74) is 9.84. The Morgan fingerprint density at radius 1 is 1.11 bits per heavy atom. The Balaban J connectivity index is 1.94. The molecule has 0 radical (unpaired) electrons. The smallest absolute Gasteiger partial charge is 0.257 e. The van der Waals surface area contributed by atoms with Crippen LogP contribution in [0.5, 0.6) is 0 Å². The van der Waals surface area contributed by atoms with Gasteiger partial charge in [-0.3, -0.25) is 4.79 Å². The molecule has 0 fully saturated rings. The number of nitrogens with zero attached hydrogens (tertiary/aromatic N) is 3. The van der Waals surface area contributed by atoms with E-state index in [2.05, 4.69) is 11.2 Å². The van der Waals surface area contributed by atoms with Crippen LogP contribution in [0.1, 0.15) is 30.0 Å². The number of carbonyl (C=O) groups is 1. The lowest BCUT2D eigenvalue weighted by atomic mass is 10.00. The fourth-order valence-corrected chi connectivity index (χ4v) is 5.31. The zero-order valence-corrected chi connectivity index (χ0v) is 20.2. The molecular weight excluding hydrogens is 462 g/mol. The number of carbonyl (C=O) groups excluding carboxylic acids is 1. The van der Waals surface area contributed by atoms with Crippen molar-refractivity contribution in [2.24, 2.45) is 16.7 Å². The van der Waals surface area contributed by atoms with Crippen molar-refractivity contribution in [3.63, 3.8) is 0 Å². The van der Waals surface area contributed by atoms with Crippen molar-refractivity contribution >= 4 is 27.8 Å². The number of anilines is 1. The van der Waals surface area contributed by atoms with Crippen molar-refractivity contribution in [3.8, 4) is 17.2 Å². The van der Waals surface area contributed by atoms with Crippen LogP contribution in [0.15, 0.2) is 77.9 Å². The van der Waals surface area contributed by atoms with Crippen LogP contribution in [0.4, 0.5) is 5.69 Å². The first-order chi connectivity index (χ1) is 16.8. The summed E-state index contributed by atoms with van der Waals surface area (Å²) >= 11 is 0. The molecule has 35 heavy (non-hydrogen) atoms. The quantitative estimate of drug-likeness (QED) is 0.268. The lowest BCUT2D eigenvalue weighted by molar-refractivity contribution is -0.118. The van der Waals surface area contributed by atoms with Gasteiger partial charge < -0.3 is 11.6 Å². The summed E-state index contributed by atoms with van der Waals surface area (Å²) < 4.78 is 27.0. The van der Waals surface area contributed by atoms with Crippen molar-refractivity contribution in [3.05, 3.63) is 89.5 Å². The summed E-state index contributed by atoms with van der Waals surface area (Å²) in [6.07, 6.45) is 1.95. The van der Waals surface area contributed by atoms with Gasteiger partial charge in [-0.1, -0.05) is 61.5 Å². The van der Waals surface area contributed by atoms with E-state index >= 15 is 0 Å². The Bertz CT molecular complexity index is 1360. The van der Waals surface area contributed by atoms with E-state index in [1.54, 1.807) is 67.6 Å². The summed E-state index contributed by atoms with van der Waals surface area (Å²) in [5.74, 6) is 4.28. The van der Waals surface area contributed by atoms with Gasteiger partial charge in [0.1, 0.15) is 0 Å². The van der Waals surface area contributed by atoms with Gasteiger partial charge >= 0.3 is 0 Å². The average molecular weight is 490 g/mol. The van der Waals surface area contributed by atoms with Crippen molar-refractivity contribution in [1.29, 1.82) is 5.26 Å². The van der Waals surface area contributed by atoms with Gasteiger partial charge in [-0.05, 0) is 53.3 Å². The maximum absolute atomic E-state index is 13.4. The predicted molar refractivity (Wildman–Crippen MR) is 138 cm³/mol. The molecule has 0 unspecified atom stereocenters. The standard InChI is InChI=1S/C26H27N5O3S/c1-2-14-35(33,34)31(26(32)25(28)16-19-6-5-7-20(15-19)18-30-29)23-12-10-21(11-13-23)24-9-4-3-8-22(24)17-27/h3-13,15,18,25H,2,14,16,28-29H2,1H3/t25-/m0/s1. The van der Waals surface area contributed by atoms with E-state index < -0.39 is 22.0 Å². The van der Waals surface area contributed by atoms with E-state index in [0.717, 1.165) is 21.0 Å². The minimum atomic E-state index is -3.96. The van der Waals surface area contributed by atoms with Crippen LogP contribution >= 0.6 is 0 Å². The summed E-state index contributed by atoms with van der Waals surface area (Å²) in [5, 5.41) is 12.9. The first kappa shape index (κ1) is 25.6. The Morgan fingerprint density at radius 3 is 2.49 bits per heavy atom. The number of sulfonamides is 1. The Hall–Kier alpha value is -4.00. The van der Waals surface area contributed by atoms with Crippen molar-refractivity contribution < 1.29 is 13.2 Å². The first-order valence-electron chi connectivity index (χ1n) is 11.0. The van der Waals surface area contributed by atoms with Gasteiger partial charge in [-0.2, -0.15) is 10.4 Å². The zero-order chi connectivity index (χ0) is 25.4. The number of nitriles is 1. The molecule has 0 saturated heterocycles. The Kier molecular flexibility index (Phi) is 8.36. The van der Waals surface area contributed by atoms with Gasteiger partial charge in [-0.15, -0.1) is 0 Å². The van der Waals surface area contributed by atoms with E-state index in [9.17, 15) is 18.5 Å². The molecule has 1 amide bonds. The SMILES string of the molecule is CCCS(=O)(=O)N(C(=O)[C@@H](N)Cc1cccc(C=NN)c1)c1ccc(-c2ccccc2C#N)cc1. The highest BCUT2D eigenvalue weighted by Gasteiger charge is 2.32. The number of nitrogens with two attached hydrogens (primary N) is 2. The first-order valence-corrected chi connectivity index (χ1v) is 12.7. The highest BCUT2D eigenvalue weighted by molar-refractivity contribution is 7.93. The second-order valence-corrected chi connectivity index (χ2v) is 9.89. The third kappa shape index (κ3) is 6.12. The fraction of sp³-hybridized carbons (Fsp3) is 0.192. The van der Waals surface area contributed by atoms with Crippen LogP contribution in [0.3, 0.4) is 0 Å². The Morgan fingerprint density at radius 2 is 1.83 bits per heavy atom. The summed E-state index contributed by atoms with van der Waals surface area (Å²) in [7, 11) is -3.96. The van der Waals surface area contributed by atoms with Crippen molar-refractivity contribution in [1.82, 2.24) is 0 Å². The number of hydrogen-bond acceptors (Lipinski definition) is 7. The minimum absolute atomic E-state index is 0.136. The normalized spacial score (nSPS) is 12.3. The van der Waals surface area contributed by atoms with Crippen LogP contribution < -0.4 is 15.9 Å². The number of rotatable bonds is 9. The molecule has 0 bridgehead atoms. The molecule has 0 heterocycles. The van der Waals surface area contributed by atoms with E-state index in [1.807, 2.05) is 12.1 Å². The zero-order valence-electron chi connectivity index (χ0n) is 19.3. The van der Waals surface area contributed by atoms with E-state index in [4.69, 9.17) is 11.6 Å². The van der Waals surface area contributed by atoms with Crippen LogP contribution in [-0.4, -0.2) is 32.3 Å². The van der Waals surface area contributed by atoms with E-state index in [1.165, 1.54) is 6.21 Å². The van der Waals surface area contributed by atoms with Crippen LogP contribution in [0.25, 0.3) is 11.1 Å². The van der Waals surface area contributed by atoms with Gasteiger partial charge in [0.05, 0.1) is 35.3 Å². The van der Waals surface area contributed by atoms with Crippen LogP contribution in [-0.2, 0) is 21.2 Å². The summed E-state index contributed by atoms with van der Waals surface area (Å²) in [6, 6.07) is 21.8. The number of hydrogen-bond donors (Lipinski definition) is 2. The largest absolute Gasteiger partial charge is 0.323 e. The maximum Gasteiger partial charge on any atom is 0.257 e. The third-order valence-electron chi connectivity index (χ3n) is 5.35. The average Bonchev–Trinajstić information content (AvgIpc) is 2.84. The monoisotopic (exact) mass is 489 g/mol. The van der Waals surface area contributed by atoms with Crippen LogP contribution in [0.2, 0.25) is 0 Å². The van der Waals surface area contributed by atoms with Crippen molar-refractivity contribution in [2.75, 3.05) is 10.1 Å². The van der Waals surface area contributed by atoms with Crippen molar-refractivity contribution in [2.45, 2.75) is 25.8 Å². The molecule has 8 nitrogen and oxygen atoms in total. The fourth-order valence-electron chi connectivity index (χ4n) is 3.76. The molecule has 0 aliphatic carbocycles. The molecule has 1 atom stereocenters. The molecule has 0 aromatic heterocycles. The molecule has 3 aromatic carbocycles. The number of amides is 1. The third-order valence-corrected chi connectivity index (χ3v) is 7.22. The molecular formula is C26H27N5O3S. The highest BCUT2D eigenvalue weighted by Crippen LogP contribution is 2.28. The van der Waals surface area contributed by atoms with Gasteiger partial charge in [0.15, 0.2) is 0 Å². The second-order valence-electron chi connectivity index (χ2n) is 7.96. The highest BCUT2D eigenvalue weighted by atomic mass is 32.2. The molecule has 0 aliphatic rings. The predicted octanol–water partition coefficient (Wildman–Crippen LogP) is 3.16. The van der Waals surface area contributed by atoms with Gasteiger partial charge in [-0.25, -0.2) is 12.7 Å². The molecule has 3 aromatic rings. The molecule has 180 valence electrons. The molecule has 0 saturated carbocycles.